The summed E-state index contributed by atoms with van der Waals surface area (Å²) < 4.78 is 0. The minimum absolute atomic E-state index is 0.0306. The summed E-state index contributed by atoms with van der Waals surface area (Å²) in [6.07, 6.45) is 8.02. The van der Waals surface area contributed by atoms with Gasteiger partial charge < -0.3 is 21.2 Å². The van der Waals surface area contributed by atoms with Crippen molar-refractivity contribution in [3.05, 3.63) is 0 Å². The van der Waals surface area contributed by atoms with E-state index >= 15 is 0 Å². The number of hydrogen-bond acceptors (Lipinski definition) is 5. The van der Waals surface area contributed by atoms with Gasteiger partial charge in [0.2, 0.25) is 11.8 Å². The molecule has 0 rings (SSSR count). The van der Waals surface area contributed by atoms with Crippen LogP contribution in [0.3, 0.4) is 0 Å². The largest absolute Gasteiger partial charge is 0.356 e. The molecule has 0 aromatic rings. The molecule has 1 atom stereocenters. The molecule has 1 unspecified atom stereocenters. The predicted octanol–water partition coefficient (Wildman–Crippen LogP) is 2.20. The lowest BCUT2D eigenvalue weighted by molar-refractivity contribution is -0.125. The maximum absolute atomic E-state index is 12.2. The van der Waals surface area contributed by atoms with Crippen molar-refractivity contribution in [2.45, 2.75) is 72.1 Å². The second kappa shape index (κ2) is 18.2. The molecule has 0 heterocycles. The van der Waals surface area contributed by atoms with E-state index in [2.05, 4.69) is 35.3 Å². The van der Waals surface area contributed by atoms with Gasteiger partial charge in [-0.1, -0.05) is 26.7 Å². The summed E-state index contributed by atoms with van der Waals surface area (Å²) in [5, 5.41) is 18.0. The molecule has 0 bridgehead atoms. The summed E-state index contributed by atoms with van der Waals surface area (Å²) in [6, 6.07) is 0. The summed E-state index contributed by atoms with van der Waals surface area (Å²) in [7, 11) is 0. The zero-order chi connectivity index (χ0) is 20.3. The summed E-state index contributed by atoms with van der Waals surface area (Å²) in [4.78, 5) is 23.0. The van der Waals surface area contributed by atoms with Crippen LogP contribution in [0, 0.1) is 11.8 Å². The number of rotatable bonds is 18. The van der Waals surface area contributed by atoms with Crippen LogP contribution < -0.4 is 21.4 Å². The zero-order valence-electron chi connectivity index (χ0n) is 17.6. The van der Waals surface area contributed by atoms with E-state index in [1.807, 2.05) is 0 Å². The topological polar surface area (TPSA) is 102 Å². The van der Waals surface area contributed by atoms with Crippen LogP contribution in [0.15, 0.2) is 0 Å². The van der Waals surface area contributed by atoms with Crippen LogP contribution in [0.5, 0.6) is 0 Å². The number of hydroxylamine groups is 1. The highest BCUT2D eigenvalue weighted by Crippen LogP contribution is 2.15. The summed E-state index contributed by atoms with van der Waals surface area (Å²) in [6.45, 7) is 9.75. The lowest BCUT2D eigenvalue weighted by Gasteiger charge is -2.18. The maximum Gasteiger partial charge on any atom is 0.223 e. The number of hydrogen-bond donors (Lipinski definition) is 5. The highest BCUT2D eigenvalue weighted by atomic mass is 16.5. The van der Waals surface area contributed by atoms with Crippen molar-refractivity contribution in [1.29, 1.82) is 0 Å². The first-order valence-electron chi connectivity index (χ1n) is 10.6. The molecule has 0 aromatic carbocycles. The molecular formula is C20H42N4O3. The Kier molecular flexibility index (Phi) is 17.4. The van der Waals surface area contributed by atoms with Gasteiger partial charge in [0, 0.05) is 32.5 Å². The first-order valence-corrected chi connectivity index (χ1v) is 10.6. The van der Waals surface area contributed by atoms with E-state index in [1.54, 1.807) is 6.92 Å². The van der Waals surface area contributed by atoms with Crippen molar-refractivity contribution < 1.29 is 14.8 Å². The number of carbonyl (C=O) groups is 2. The SMILES string of the molecule is CC(=O)NCCCCCNCCCCCNC(=O)C(CCNO)CC(C)C. The Hall–Kier alpha value is -1.18. The third-order valence-electron chi connectivity index (χ3n) is 4.47. The maximum atomic E-state index is 12.2. The van der Waals surface area contributed by atoms with E-state index in [4.69, 9.17) is 5.21 Å². The Balaban J connectivity index is 3.51. The van der Waals surface area contributed by atoms with Gasteiger partial charge in [-0.15, -0.1) is 0 Å². The molecule has 0 radical (unpaired) electrons. The molecular weight excluding hydrogens is 344 g/mol. The highest BCUT2D eigenvalue weighted by molar-refractivity contribution is 5.78. The molecule has 7 nitrogen and oxygen atoms in total. The normalized spacial score (nSPS) is 12.2. The lowest BCUT2D eigenvalue weighted by atomic mass is 9.93. The van der Waals surface area contributed by atoms with Gasteiger partial charge in [-0.2, -0.15) is 0 Å². The van der Waals surface area contributed by atoms with E-state index in [1.165, 1.54) is 0 Å². The summed E-state index contributed by atoms with van der Waals surface area (Å²) in [5.74, 6) is 0.589. The van der Waals surface area contributed by atoms with Crippen LogP contribution in [-0.4, -0.2) is 49.7 Å². The number of amides is 2. The molecule has 7 heteroatoms. The van der Waals surface area contributed by atoms with Crippen LogP contribution in [0.25, 0.3) is 0 Å². The van der Waals surface area contributed by atoms with E-state index < -0.39 is 0 Å². The van der Waals surface area contributed by atoms with Gasteiger partial charge in [0.05, 0.1) is 0 Å². The molecule has 0 spiro atoms. The standard InChI is InChI=1S/C20H42N4O3/c1-17(2)16-19(10-15-24-27)20(26)23-14-9-5-7-12-21-11-6-4-8-13-22-18(3)25/h17,19,21,24,27H,4-16H2,1-3H3,(H,22,25)(H,23,26). The van der Waals surface area contributed by atoms with Gasteiger partial charge in [0.15, 0.2) is 0 Å². The molecule has 0 aliphatic rings. The molecule has 0 aliphatic carbocycles. The van der Waals surface area contributed by atoms with Crippen molar-refractivity contribution in [3.63, 3.8) is 0 Å². The minimum atomic E-state index is -0.0306. The van der Waals surface area contributed by atoms with Crippen molar-refractivity contribution in [1.82, 2.24) is 21.4 Å². The van der Waals surface area contributed by atoms with Crippen LogP contribution in [0.1, 0.15) is 72.1 Å². The van der Waals surface area contributed by atoms with Gasteiger partial charge in [0.1, 0.15) is 0 Å². The van der Waals surface area contributed by atoms with Gasteiger partial charge >= 0.3 is 0 Å². The number of unbranched alkanes of at least 4 members (excludes halogenated alkanes) is 4. The quantitative estimate of drug-likeness (QED) is 0.184. The van der Waals surface area contributed by atoms with Crippen LogP contribution >= 0.6 is 0 Å². The molecule has 27 heavy (non-hydrogen) atoms. The second-order valence-corrected chi connectivity index (χ2v) is 7.67. The minimum Gasteiger partial charge on any atom is -0.356 e. The first-order chi connectivity index (χ1) is 13.0. The fourth-order valence-corrected chi connectivity index (χ4v) is 3.01. The van der Waals surface area contributed by atoms with Crippen LogP contribution in [0.2, 0.25) is 0 Å². The average Bonchev–Trinajstić information content (AvgIpc) is 2.61. The van der Waals surface area contributed by atoms with Gasteiger partial charge in [-0.3, -0.25) is 9.59 Å². The highest BCUT2D eigenvalue weighted by Gasteiger charge is 2.18. The Labute approximate surface area is 165 Å². The average molecular weight is 387 g/mol. The van der Waals surface area contributed by atoms with E-state index in [-0.39, 0.29) is 17.7 Å². The Morgan fingerprint density at radius 2 is 1.37 bits per heavy atom. The molecule has 0 fully saturated rings. The van der Waals surface area contributed by atoms with E-state index in [0.29, 0.717) is 18.9 Å². The Bertz CT molecular complexity index is 378. The van der Waals surface area contributed by atoms with Gasteiger partial charge in [-0.25, -0.2) is 5.48 Å². The third-order valence-corrected chi connectivity index (χ3v) is 4.47. The summed E-state index contributed by atoms with van der Waals surface area (Å²) >= 11 is 0. The van der Waals surface area contributed by atoms with Crippen molar-refractivity contribution in [3.8, 4) is 0 Å². The van der Waals surface area contributed by atoms with Gasteiger partial charge in [-0.05, 0) is 57.5 Å². The van der Waals surface area contributed by atoms with Crippen molar-refractivity contribution in [2.75, 3.05) is 32.7 Å². The number of carbonyl (C=O) groups excluding carboxylic acids is 2. The van der Waals surface area contributed by atoms with Crippen molar-refractivity contribution >= 4 is 11.8 Å². The number of nitrogens with one attached hydrogen (secondary N) is 4. The van der Waals surface area contributed by atoms with E-state index in [9.17, 15) is 9.59 Å². The molecule has 0 saturated heterocycles. The fraction of sp³-hybridized carbons (Fsp3) is 0.900. The smallest absolute Gasteiger partial charge is 0.223 e. The zero-order valence-corrected chi connectivity index (χ0v) is 17.6. The molecule has 5 N–H and O–H groups in total. The molecule has 2 amide bonds. The summed E-state index contributed by atoms with van der Waals surface area (Å²) in [5.41, 5.74) is 2.14. The lowest BCUT2D eigenvalue weighted by Crippen LogP contribution is -2.34. The molecule has 0 aliphatic heterocycles. The third kappa shape index (κ3) is 18.0. The monoisotopic (exact) mass is 386 g/mol. The first kappa shape index (κ1) is 25.8. The van der Waals surface area contributed by atoms with Crippen molar-refractivity contribution in [2.24, 2.45) is 11.8 Å². The van der Waals surface area contributed by atoms with Crippen LogP contribution in [-0.2, 0) is 9.59 Å². The fourth-order valence-electron chi connectivity index (χ4n) is 3.01. The Morgan fingerprint density at radius 3 is 1.89 bits per heavy atom. The van der Waals surface area contributed by atoms with Gasteiger partial charge in [0.25, 0.3) is 0 Å². The van der Waals surface area contributed by atoms with Crippen LogP contribution in [0.4, 0.5) is 0 Å². The second-order valence-electron chi connectivity index (χ2n) is 7.67. The molecule has 160 valence electrons. The predicted molar refractivity (Wildman–Crippen MR) is 110 cm³/mol. The molecule has 0 aromatic heterocycles. The van der Waals surface area contributed by atoms with E-state index in [0.717, 1.165) is 71.1 Å². The Morgan fingerprint density at radius 1 is 0.815 bits per heavy atom. The molecule has 0 saturated carbocycles.